The average Bonchev–Trinajstić information content (AvgIpc) is 2.73. The van der Waals surface area contributed by atoms with Crippen LogP contribution in [0.5, 0.6) is 0 Å². The van der Waals surface area contributed by atoms with Crippen LogP contribution in [0.25, 0.3) is 11.3 Å². The van der Waals surface area contributed by atoms with Gasteiger partial charge in [0, 0.05) is 35.3 Å². The summed E-state index contributed by atoms with van der Waals surface area (Å²) in [7, 11) is 0. The Morgan fingerprint density at radius 1 is 1.24 bits per heavy atom. The van der Waals surface area contributed by atoms with Crippen LogP contribution in [0.15, 0.2) is 53.9 Å². The van der Waals surface area contributed by atoms with Crippen molar-refractivity contribution in [2.24, 2.45) is 5.92 Å². The number of thioether (sulfide) groups is 1. The molecular formula is C21H20N6OS. The number of carbonyl (C=O) groups is 1. The zero-order chi connectivity index (χ0) is 20.8. The number of nitrogens with two attached hydrogens (primary N) is 1. The van der Waals surface area contributed by atoms with Crippen molar-refractivity contribution >= 4 is 29.2 Å². The first-order valence-corrected chi connectivity index (χ1v) is 9.97. The molecule has 146 valence electrons. The number of amides is 1. The summed E-state index contributed by atoms with van der Waals surface area (Å²) in [6, 6.07) is 13.1. The van der Waals surface area contributed by atoms with Gasteiger partial charge >= 0.3 is 0 Å². The number of nitrogens with one attached hydrogen (secondary N) is 1. The highest BCUT2D eigenvalue weighted by Gasteiger charge is 2.15. The van der Waals surface area contributed by atoms with E-state index in [0.29, 0.717) is 22.3 Å². The van der Waals surface area contributed by atoms with E-state index in [4.69, 9.17) is 5.73 Å². The fraction of sp³-hybridized carbons (Fsp3) is 0.190. The lowest BCUT2D eigenvalue weighted by Gasteiger charge is -2.11. The Balaban J connectivity index is 1.86. The summed E-state index contributed by atoms with van der Waals surface area (Å²) in [5, 5.41) is 12.8. The molecule has 2 heterocycles. The maximum Gasteiger partial charge on any atom is 0.226 e. The van der Waals surface area contributed by atoms with E-state index in [1.165, 1.54) is 11.8 Å². The van der Waals surface area contributed by atoms with Crippen LogP contribution in [0.4, 0.5) is 11.5 Å². The van der Waals surface area contributed by atoms with Crippen molar-refractivity contribution in [3.63, 3.8) is 0 Å². The number of benzene rings is 1. The topological polar surface area (TPSA) is 118 Å². The normalized spacial score (nSPS) is 10.6. The molecule has 3 rings (SSSR count). The fourth-order valence-electron chi connectivity index (χ4n) is 2.47. The monoisotopic (exact) mass is 404 g/mol. The molecule has 0 aliphatic heterocycles. The van der Waals surface area contributed by atoms with E-state index in [1.54, 1.807) is 36.7 Å². The van der Waals surface area contributed by atoms with E-state index in [1.807, 2.05) is 26.0 Å². The van der Waals surface area contributed by atoms with Crippen molar-refractivity contribution in [3.05, 3.63) is 59.9 Å². The van der Waals surface area contributed by atoms with Crippen LogP contribution in [0.1, 0.15) is 25.0 Å². The van der Waals surface area contributed by atoms with Crippen LogP contribution in [0, 0.1) is 17.2 Å². The lowest BCUT2D eigenvalue weighted by atomic mass is 10.1. The summed E-state index contributed by atoms with van der Waals surface area (Å²) in [5.41, 5.74) is 9.15. The number of pyridine rings is 1. The van der Waals surface area contributed by atoms with E-state index in [0.717, 1.165) is 11.1 Å². The van der Waals surface area contributed by atoms with Crippen molar-refractivity contribution in [1.29, 1.82) is 5.26 Å². The number of hydrogen-bond donors (Lipinski definition) is 2. The van der Waals surface area contributed by atoms with E-state index in [9.17, 15) is 10.1 Å². The molecule has 0 aliphatic carbocycles. The highest BCUT2D eigenvalue weighted by atomic mass is 32.2. The molecule has 0 radical (unpaired) electrons. The highest BCUT2D eigenvalue weighted by molar-refractivity contribution is 7.98. The Hall–Kier alpha value is -3.44. The molecule has 29 heavy (non-hydrogen) atoms. The van der Waals surface area contributed by atoms with Gasteiger partial charge in [-0.1, -0.05) is 43.8 Å². The third-order valence-corrected chi connectivity index (χ3v) is 4.99. The lowest BCUT2D eigenvalue weighted by molar-refractivity contribution is -0.118. The Kier molecular flexibility index (Phi) is 6.42. The summed E-state index contributed by atoms with van der Waals surface area (Å²) in [6.07, 6.45) is 3.50. The van der Waals surface area contributed by atoms with Crippen molar-refractivity contribution in [1.82, 2.24) is 15.0 Å². The molecule has 2 aromatic heterocycles. The van der Waals surface area contributed by atoms with Crippen molar-refractivity contribution in [3.8, 4) is 17.3 Å². The van der Waals surface area contributed by atoms with Crippen molar-refractivity contribution < 1.29 is 4.79 Å². The Morgan fingerprint density at radius 3 is 2.62 bits per heavy atom. The van der Waals surface area contributed by atoms with Gasteiger partial charge in [0.15, 0.2) is 5.16 Å². The second-order valence-corrected chi connectivity index (χ2v) is 7.54. The van der Waals surface area contributed by atoms with Gasteiger partial charge in [-0.05, 0) is 23.8 Å². The van der Waals surface area contributed by atoms with Gasteiger partial charge in [0.1, 0.15) is 17.5 Å². The van der Waals surface area contributed by atoms with Gasteiger partial charge < -0.3 is 11.1 Å². The smallest absolute Gasteiger partial charge is 0.226 e. The molecule has 0 spiro atoms. The molecule has 1 amide bonds. The van der Waals surface area contributed by atoms with E-state index in [-0.39, 0.29) is 23.2 Å². The third-order valence-electron chi connectivity index (χ3n) is 4.07. The van der Waals surface area contributed by atoms with E-state index in [2.05, 4.69) is 26.3 Å². The summed E-state index contributed by atoms with van der Waals surface area (Å²) < 4.78 is 0. The molecule has 0 aliphatic rings. The van der Waals surface area contributed by atoms with Gasteiger partial charge in [-0.25, -0.2) is 9.97 Å². The minimum Gasteiger partial charge on any atom is -0.382 e. The Bertz CT molecular complexity index is 1050. The molecule has 0 saturated carbocycles. The predicted molar refractivity (Wildman–Crippen MR) is 114 cm³/mol. The number of nitriles is 1. The van der Waals surface area contributed by atoms with Crippen LogP contribution in [0.2, 0.25) is 0 Å². The van der Waals surface area contributed by atoms with Crippen molar-refractivity contribution in [2.75, 3.05) is 11.1 Å². The lowest BCUT2D eigenvalue weighted by Crippen LogP contribution is -2.17. The third kappa shape index (κ3) is 5.09. The molecule has 8 heteroatoms. The van der Waals surface area contributed by atoms with Crippen LogP contribution < -0.4 is 11.1 Å². The van der Waals surface area contributed by atoms with Crippen LogP contribution in [-0.2, 0) is 10.5 Å². The minimum atomic E-state index is -0.110. The minimum absolute atomic E-state index is 0.0594. The van der Waals surface area contributed by atoms with Gasteiger partial charge in [-0.15, -0.1) is 0 Å². The summed E-state index contributed by atoms with van der Waals surface area (Å²) in [4.78, 5) is 24.7. The molecule has 0 bridgehead atoms. The standard InChI is InChI=1S/C21H20N6OS/c1-13(2)20(28)25-16-7-5-15(6-8-16)18-17(10-22)19(23)27-21(26-18)29-12-14-4-3-9-24-11-14/h3-9,11,13H,12H2,1-2H3,(H,25,28)(H2,23,26,27). The first kappa shape index (κ1) is 20.3. The molecule has 3 aromatic rings. The molecule has 0 unspecified atom stereocenters. The van der Waals surface area contributed by atoms with Gasteiger partial charge in [0.25, 0.3) is 0 Å². The number of nitrogens with zero attached hydrogens (tertiary/aromatic N) is 4. The number of anilines is 2. The second kappa shape index (κ2) is 9.17. The van der Waals surface area contributed by atoms with E-state index < -0.39 is 0 Å². The fourth-order valence-corrected chi connectivity index (χ4v) is 3.26. The molecule has 0 atom stereocenters. The summed E-state index contributed by atoms with van der Waals surface area (Å²) in [5.74, 6) is 0.610. The van der Waals surface area contributed by atoms with Gasteiger partial charge in [-0.3, -0.25) is 9.78 Å². The number of hydrogen-bond acceptors (Lipinski definition) is 7. The number of nitrogen functional groups attached to an aromatic ring is 1. The molecule has 1 aromatic carbocycles. The second-order valence-electron chi connectivity index (χ2n) is 6.60. The van der Waals surface area contributed by atoms with Crippen molar-refractivity contribution in [2.45, 2.75) is 24.8 Å². The molecule has 3 N–H and O–H groups in total. The average molecular weight is 404 g/mol. The highest BCUT2D eigenvalue weighted by Crippen LogP contribution is 2.29. The number of carbonyl (C=O) groups excluding carboxylic acids is 1. The zero-order valence-corrected chi connectivity index (χ0v) is 16.9. The SMILES string of the molecule is CC(C)C(=O)Nc1ccc(-c2nc(SCc3cccnc3)nc(N)c2C#N)cc1. The first-order valence-electron chi connectivity index (χ1n) is 8.98. The molecule has 0 saturated heterocycles. The largest absolute Gasteiger partial charge is 0.382 e. The first-order chi connectivity index (χ1) is 14.0. The molecule has 0 fully saturated rings. The number of aromatic nitrogens is 3. The van der Waals surface area contributed by atoms with Crippen LogP contribution >= 0.6 is 11.8 Å². The summed E-state index contributed by atoms with van der Waals surface area (Å²) >= 11 is 1.42. The van der Waals surface area contributed by atoms with Crippen LogP contribution in [-0.4, -0.2) is 20.9 Å². The van der Waals surface area contributed by atoms with Gasteiger partial charge in [0.2, 0.25) is 5.91 Å². The van der Waals surface area contributed by atoms with Gasteiger partial charge in [0.05, 0.1) is 5.69 Å². The number of rotatable bonds is 6. The van der Waals surface area contributed by atoms with E-state index >= 15 is 0 Å². The zero-order valence-electron chi connectivity index (χ0n) is 16.1. The Labute approximate surface area is 173 Å². The maximum absolute atomic E-state index is 11.8. The van der Waals surface area contributed by atoms with Crippen LogP contribution in [0.3, 0.4) is 0 Å². The Morgan fingerprint density at radius 2 is 2.00 bits per heavy atom. The summed E-state index contributed by atoms with van der Waals surface area (Å²) in [6.45, 7) is 3.66. The molecule has 7 nitrogen and oxygen atoms in total. The predicted octanol–water partition coefficient (Wildman–Crippen LogP) is 3.88. The molecular weight excluding hydrogens is 384 g/mol. The maximum atomic E-state index is 11.8. The quantitative estimate of drug-likeness (QED) is 0.473. The van der Waals surface area contributed by atoms with Gasteiger partial charge in [-0.2, -0.15) is 5.26 Å².